The minimum Gasteiger partial charge on any atom is -0.497 e. The van der Waals surface area contributed by atoms with Gasteiger partial charge in [-0.2, -0.15) is 0 Å². The molecule has 3 nitrogen and oxygen atoms in total. The maximum atomic E-state index is 6.08. The maximum Gasteiger partial charge on any atom is 0.126 e. The molecule has 0 aliphatic heterocycles. The number of hydrogen-bond donors (Lipinski definition) is 1. The lowest BCUT2D eigenvalue weighted by atomic mass is 9.98. The third-order valence-electron chi connectivity index (χ3n) is 2.99. The molecule has 0 bridgehead atoms. The number of halogens is 1. The first-order valence-electron chi connectivity index (χ1n) is 5.90. The van der Waals surface area contributed by atoms with Crippen molar-refractivity contribution in [1.82, 2.24) is 0 Å². The number of hydrogen-bond acceptors (Lipinski definition) is 3. The summed E-state index contributed by atoms with van der Waals surface area (Å²) in [5.41, 5.74) is 8.68. The Hall–Kier alpha value is -1.71. The lowest BCUT2D eigenvalue weighted by Gasteiger charge is -2.14. The molecule has 0 heterocycles. The smallest absolute Gasteiger partial charge is 0.126 e. The highest BCUT2D eigenvalue weighted by Crippen LogP contribution is 2.36. The average Bonchev–Trinajstić information content (AvgIpc) is 2.46. The Morgan fingerprint density at radius 3 is 2.42 bits per heavy atom. The molecule has 19 heavy (non-hydrogen) atoms. The van der Waals surface area contributed by atoms with Gasteiger partial charge in [0, 0.05) is 17.1 Å². The van der Waals surface area contributed by atoms with E-state index in [1.54, 1.807) is 14.2 Å². The molecule has 2 aromatic carbocycles. The van der Waals surface area contributed by atoms with Crippen molar-refractivity contribution in [3.05, 3.63) is 47.0 Å². The molecular weight excluding hydrogens is 262 g/mol. The van der Waals surface area contributed by atoms with Crippen molar-refractivity contribution in [3.8, 4) is 22.6 Å². The normalized spacial score (nSPS) is 10.3. The van der Waals surface area contributed by atoms with Crippen LogP contribution >= 0.6 is 11.6 Å². The van der Waals surface area contributed by atoms with Gasteiger partial charge in [-0.25, -0.2) is 0 Å². The highest BCUT2D eigenvalue weighted by Gasteiger charge is 2.11. The summed E-state index contributed by atoms with van der Waals surface area (Å²) in [5, 5.41) is 0.664. The van der Waals surface area contributed by atoms with Crippen LogP contribution in [-0.2, 0) is 6.54 Å². The molecule has 100 valence electrons. The second-order valence-electron chi connectivity index (χ2n) is 4.07. The average molecular weight is 278 g/mol. The zero-order chi connectivity index (χ0) is 13.8. The molecular formula is C15H16ClNO2. The van der Waals surface area contributed by atoms with E-state index in [-0.39, 0.29) is 0 Å². The van der Waals surface area contributed by atoms with E-state index in [1.807, 2.05) is 36.4 Å². The van der Waals surface area contributed by atoms with Gasteiger partial charge in [-0.1, -0.05) is 17.7 Å². The largest absolute Gasteiger partial charge is 0.497 e. The van der Waals surface area contributed by atoms with Crippen LogP contribution in [0.2, 0.25) is 5.02 Å². The predicted octanol–water partition coefficient (Wildman–Crippen LogP) is 3.48. The number of methoxy groups -OCH3 is 2. The number of rotatable bonds is 4. The van der Waals surface area contributed by atoms with Crippen molar-refractivity contribution in [2.24, 2.45) is 5.73 Å². The molecule has 0 radical (unpaired) electrons. The first-order valence-corrected chi connectivity index (χ1v) is 6.28. The summed E-state index contributed by atoms with van der Waals surface area (Å²) in [6, 6.07) is 11.3. The Morgan fingerprint density at radius 2 is 1.79 bits per heavy atom. The van der Waals surface area contributed by atoms with E-state index >= 15 is 0 Å². The summed E-state index contributed by atoms with van der Waals surface area (Å²) in [7, 11) is 3.27. The van der Waals surface area contributed by atoms with Crippen molar-refractivity contribution < 1.29 is 9.47 Å². The fraction of sp³-hybridized carbons (Fsp3) is 0.200. The first kappa shape index (κ1) is 13.7. The van der Waals surface area contributed by atoms with Crippen LogP contribution in [0.15, 0.2) is 36.4 Å². The zero-order valence-electron chi connectivity index (χ0n) is 10.9. The topological polar surface area (TPSA) is 44.5 Å². The lowest BCUT2D eigenvalue weighted by Crippen LogP contribution is -2.00. The van der Waals surface area contributed by atoms with Crippen molar-refractivity contribution in [3.63, 3.8) is 0 Å². The Labute approximate surface area is 117 Å². The molecule has 0 unspecified atom stereocenters. The van der Waals surface area contributed by atoms with E-state index in [4.69, 9.17) is 26.8 Å². The monoisotopic (exact) mass is 277 g/mol. The van der Waals surface area contributed by atoms with Crippen molar-refractivity contribution in [2.45, 2.75) is 6.54 Å². The van der Waals surface area contributed by atoms with Gasteiger partial charge in [0.25, 0.3) is 0 Å². The van der Waals surface area contributed by atoms with Gasteiger partial charge in [-0.15, -0.1) is 0 Å². The first-order chi connectivity index (χ1) is 9.19. The van der Waals surface area contributed by atoms with E-state index in [2.05, 4.69) is 0 Å². The molecule has 0 aliphatic rings. The number of benzene rings is 2. The quantitative estimate of drug-likeness (QED) is 0.930. The lowest BCUT2D eigenvalue weighted by molar-refractivity contribution is 0.404. The molecule has 0 spiro atoms. The van der Waals surface area contributed by atoms with Crippen LogP contribution in [0.3, 0.4) is 0 Å². The molecule has 2 N–H and O–H groups in total. The van der Waals surface area contributed by atoms with Gasteiger partial charge in [-0.05, 0) is 41.5 Å². The summed E-state index contributed by atoms with van der Waals surface area (Å²) >= 11 is 6.08. The molecule has 2 aromatic rings. The number of ether oxygens (including phenoxy) is 2. The van der Waals surface area contributed by atoms with Crippen molar-refractivity contribution in [1.29, 1.82) is 0 Å². The predicted molar refractivity (Wildman–Crippen MR) is 77.9 cm³/mol. The summed E-state index contributed by atoms with van der Waals surface area (Å²) in [6.45, 7) is 0.437. The summed E-state index contributed by atoms with van der Waals surface area (Å²) in [5.74, 6) is 1.52. The van der Waals surface area contributed by atoms with Gasteiger partial charge < -0.3 is 15.2 Å². The third kappa shape index (κ3) is 2.83. The van der Waals surface area contributed by atoms with E-state index in [9.17, 15) is 0 Å². The standard InChI is InChI=1S/C15H16ClNO2/c1-18-12-5-6-15(19-2)14(8-12)13-7-11(16)4-3-10(13)9-17/h3-8H,9,17H2,1-2H3. The minimum absolute atomic E-state index is 0.437. The van der Waals surface area contributed by atoms with Crippen LogP contribution in [0.5, 0.6) is 11.5 Å². The highest BCUT2D eigenvalue weighted by atomic mass is 35.5. The molecule has 0 aliphatic carbocycles. The Kier molecular flexibility index (Phi) is 4.30. The van der Waals surface area contributed by atoms with Crippen molar-refractivity contribution >= 4 is 11.6 Å². The van der Waals surface area contributed by atoms with E-state index in [1.165, 1.54) is 0 Å². The second-order valence-corrected chi connectivity index (χ2v) is 4.51. The summed E-state index contributed by atoms with van der Waals surface area (Å²) < 4.78 is 10.7. The fourth-order valence-electron chi connectivity index (χ4n) is 2.00. The van der Waals surface area contributed by atoms with Gasteiger partial charge >= 0.3 is 0 Å². The summed E-state index contributed by atoms with van der Waals surface area (Å²) in [6.07, 6.45) is 0. The minimum atomic E-state index is 0.437. The molecule has 0 saturated carbocycles. The summed E-state index contributed by atoms with van der Waals surface area (Å²) in [4.78, 5) is 0. The molecule has 0 fully saturated rings. The van der Waals surface area contributed by atoms with Crippen LogP contribution in [0.1, 0.15) is 5.56 Å². The van der Waals surface area contributed by atoms with Crippen LogP contribution in [0, 0.1) is 0 Å². The van der Waals surface area contributed by atoms with E-state index in [0.717, 1.165) is 28.2 Å². The zero-order valence-corrected chi connectivity index (χ0v) is 11.7. The van der Waals surface area contributed by atoms with E-state index in [0.29, 0.717) is 11.6 Å². The fourth-order valence-corrected chi connectivity index (χ4v) is 2.17. The third-order valence-corrected chi connectivity index (χ3v) is 3.22. The van der Waals surface area contributed by atoms with Crippen LogP contribution in [0.4, 0.5) is 0 Å². The van der Waals surface area contributed by atoms with Gasteiger partial charge in [-0.3, -0.25) is 0 Å². The Morgan fingerprint density at radius 1 is 1.00 bits per heavy atom. The van der Waals surface area contributed by atoms with Crippen LogP contribution < -0.4 is 15.2 Å². The molecule has 0 saturated heterocycles. The SMILES string of the molecule is COc1ccc(OC)c(-c2cc(Cl)ccc2CN)c1. The number of nitrogens with two attached hydrogens (primary N) is 1. The Balaban J connectivity index is 2.65. The van der Waals surface area contributed by atoms with Crippen molar-refractivity contribution in [2.75, 3.05) is 14.2 Å². The van der Waals surface area contributed by atoms with Gasteiger partial charge in [0.05, 0.1) is 14.2 Å². The molecule has 4 heteroatoms. The van der Waals surface area contributed by atoms with Gasteiger partial charge in [0.15, 0.2) is 0 Å². The Bertz CT molecular complexity index is 584. The van der Waals surface area contributed by atoms with Crippen LogP contribution in [0.25, 0.3) is 11.1 Å². The van der Waals surface area contributed by atoms with Gasteiger partial charge in [0.2, 0.25) is 0 Å². The second kappa shape index (κ2) is 5.95. The molecule has 0 amide bonds. The molecule has 0 atom stereocenters. The van der Waals surface area contributed by atoms with E-state index < -0.39 is 0 Å². The van der Waals surface area contributed by atoms with Crippen LogP contribution in [-0.4, -0.2) is 14.2 Å². The van der Waals surface area contributed by atoms with Gasteiger partial charge in [0.1, 0.15) is 11.5 Å². The maximum absolute atomic E-state index is 6.08. The molecule has 2 rings (SSSR count). The molecule has 0 aromatic heterocycles. The highest BCUT2D eigenvalue weighted by molar-refractivity contribution is 6.30.